The van der Waals surface area contributed by atoms with Crippen molar-refractivity contribution in [3.8, 4) is 5.75 Å². The monoisotopic (exact) mass is 398 g/mol. The van der Waals surface area contributed by atoms with Gasteiger partial charge in [0.15, 0.2) is 11.7 Å². The minimum Gasteiger partial charge on any atom is -0.491 e. The molecule has 0 spiro atoms. The summed E-state index contributed by atoms with van der Waals surface area (Å²) in [6.45, 7) is 10.2. The number of piperazine rings is 1. The Morgan fingerprint density at radius 3 is 2.41 bits per heavy atom. The number of ether oxygens (including phenoxy) is 1. The van der Waals surface area contributed by atoms with Crippen LogP contribution in [0.2, 0.25) is 0 Å². The molecule has 2 heterocycles. The van der Waals surface area contributed by atoms with E-state index in [1.54, 1.807) is 12.1 Å². The van der Waals surface area contributed by atoms with Crippen LogP contribution in [0.1, 0.15) is 36.9 Å². The van der Waals surface area contributed by atoms with Gasteiger partial charge in [0.05, 0.1) is 18.9 Å². The van der Waals surface area contributed by atoms with Crippen molar-refractivity contribution in [1.82, 2.24) is 15.1 Å². The fourth-order valence-corrected chi connectivity index (χ4v) is 3.22. The van der Waals surface area contributed by atoms with Crippen molar-refractivity contribution < 1.29 is 13.9 Å². The number of rotatable bonds is 6. The van der Waals surface area contributed by atoms with E-state index in [-0.39, 0.29) is 12.0 Å². The number of aliphatic imine (C=N–C) groups is 1. The molecule has 0 atom stereocenters. The lowest BCUT2D eigenvalue weighted by atomic mass is 10.2. The van der Waals surface area contributed by atoms with Crippen molar-refractivity contribution in [3.63, 3.8) is 0 Å². The number of nitrogens with zero attached hydrogens (tertiary/aromatic N) is 3. The number of carbonyl (C=O) groups is 1. The first-order valence-corrected chi connectivity index (χ1v) is 10.2. The maximum absolute atomic E-state index is 12.4. The quantitative estimate of drug-likeness (QED) is 0.598. The van der Waals surface area contributed by atoms with Crippen molar-refractivity contribution in [1.29, 1.82) is 0 Å². The standard InChI is InChI=1S/C22H30N4O3/c1-4-23-22(24-16-18-7-9-19(10-8-18)29-17(2)3)26-13-11-25(12-14-26)21(27)20-6-5-15-28-20/h5-10,15,17H,4,11-14,16H2,1-3H3,(H,23,24). The average molecular weight is 399 g/mol. The minimum absolute atomic E-state index is 0.0553. The zero-order valence-corrected chi connectivity index (χ0v) is 17.4. The molecule has 29 heavy (non-hydrogen) atoms. The van der Waals surface area contributed by atoms with Gasteiger partial charge >= 0.3 is 0 Å². The summed E-state index contributed by atoms with van der Waals surface area (Å²) in [4.78, 5) is 21.2. The third-order valence-electron chi connectivity index (χ3n) is 4.64. The molecule has 1 aromatic heterocycles. The van der Waals surface area contributed by atoms with Crippen molar-refractivity contribution in [3.05, 3.63) is 54.0 Å². The van der Waals surface area contributed by atoms with Gasteiger partial charge in [0.2, 0.25) is 0 Å². The summed E-state index contributed by atoms with van der Waals surface area (Å²) < 4.78 is 10.9. The van der Waals surface area contributed by atoms with Crippen molar-refractivity contribution in [2.75, 3.05) is 32.7 Å². The van der Waals surface area contributed by atoms with Crippen LogP contribution in [0.25, 0.3) is 0 Å². The predicted octanol–water partition coefficient (Wildman–Crippen LogP) is 2.99. The highest BCUT2D eigenvalue weighted by Gasteiger charge is 2.25. The summed E-state index contributed by atoms with van der Waals surface area (Å²) in [6, 6.07) is 11.5. The molecule has 0 bridgehead atoms. The Morgan fingerprint density at radius 2 is 1.83 bits per heavy atom. The second-order valence-electron chi connectivity index (χ2n) is 7.24. The van der Waals surface area contributed by atoms with Crippen LogP contribution in [0.5, 0.6) is 5.75 Å². The zero-order chi connectivity index (χ0) is 20.6. The van der Waals surface area contributed by atoms with Crippen LogP contribution < -0.4 is 10.1 Å². The number of amides is 1. The van der Waals surface area contributed by atoms with E-state index in [2.05, 4.69) is 17.1 Å². The molecule has 0 saturated carbocycles. The highest BCUT2D eigenvalue weighted by atomic mass is 16.5. The molecule has 1 N–H and O–H groups in total. The SMILES string of the molecule is CCNC(=NCc1ccc(OC(C)C)cc1)N1CCN(C(=O)c2ccco2)CC1. The lowest BCUT2D eigenvalue weighted by molar-refractivity contribution is 0.0657. The predicted molar refractivity (Wildman–Crippen MR) is 113 cm³/mol. The van der Waals surface area contributed by atoms with E-state index in [4.69, 9.17) is 14.1 Å². The van der Waals surface area contributed by atoms with Gasteiger partial charge < -0.3 is 24.3 Å². The van der Waals surface area contributed by atoms with Gasteiger partial charge in [-0.15, -0.1) is 0 Å². The highest BCUT2D eigenvalue weighted by Crippen LogP contribution is 2.15. The Balaban J connectivity index is 1.57. The number of guanidine groups is 1. The van der Waals surface area contributed by atoms with Crippen LogP contribution in [0.4, 0.5) is 0 Å². The molecule has 1 saturated heterocycles. The maximum Gasteiger partial charge on any atom is 0.289 e. The molecule has 1 aliphatic heterocycles. The fourth-order valence-electron chi connectivity index (χ4n) is 3.22. The summed E-state index contributed by atoms with van der Waals surface area (Å²) in [6.07, 6.45) is 1.69. The largest absolute Gasteiger partial charge is 0.491 e. The second-order valence-corrected chi connectivity index (χ2v) is 7.24. The lowest BCUT2D eigenvalue weighted by Gasteiger charge is -2.36. The highest BCUT2D eigenvalue weighted by molar-refractivity contribution is 5.91. The topological polar surface area (TPSA) is 70.3 Å². The molecule has 0 unspecified atom stereocenters. The van der Waals surface area contributed by atoms with Crippen LogP contribution in [0.15, 0.2) is 52.1 Å². The molecule has 1 aromatic carbocycles. The van der Waals surface area contributed by atoms with Crippen LogP contribution in [-0.4, -0.2) is 60.5 Å². The summed E-state index contributed by atoms with van der Waals surface area (Å²) in [7, 11) is 0. The van der Waals surface area contributed by atoms with Gasteiger partial charge in [-0.2, -0.15) is 0 Å². The first-order valence-electron chi connectivity index (χ1n) is 10.2. The molecular weight excluding hydrogens is 368 g/mol. The van der Waals surface area contributed by atoms with Crippen LogP contribution in [0, 0.1) is 0 Å². The molecular formula is C22H30N4O3. The van der Waals surface area contributed by atoms with E-state index in [1.807, 2.05) is 43.0 Å². The van der Waals surface area contributed by atoms with E-state index < -0.39 is 0 Å². The molecule has 7 nitrogen and oxygen atoms in total. The smallest absolute Gasteiger partial charge is 0.289 e. The van der Waals surface area contributed by atoms with Gasteiger partial charge in [0.1, 0.15) is 5.75 Å². The van der Waals surface area contributed by atoms with Crippen molar-refractivity contribution in [2.45, 2.75) is 33.4 Å². The van der Waals surface area contributed by atoms with Gasteiger partial charge in [0, 0.05) is 32.7 Å². The molecule has 3 rings (SSSR count). The summed E-state index contributed by atoms with van der Waals surface area (Å²) in [5, 5.41) is 3.36. The molecule has 156 valence electrons. The lowest BCUT2D eigenvalue weighted by Crippen LogP contribution is -2.53. The molecule has 2 aromatic rings. The third-order valence-corrected chi connectivity index (χ3v) is 4.64. The maximum atomic E-state index is 12.4. The number of furan rings is 1. The van der Waals surface area contributed by atoms with Gasteiger partial charge in [0.25, 0.3) is 5.91 Å². The Hall–Kier alpha value is -2.96. The Morgan fingerprint density at radius 1 is 1.14 bits per heavy atom. The number of hydrogen-bond donors (Lipinski definition) is 1. The first-order chi connectivity index (χ1) is 14.1. The fraction of sp³-hybridized carbons (Fsp3) is 0.455. The average Bonchev–Trinajstić information content (AvgIpc) is 3.26. The summed E-state index contributed by atoms with van der Waals surface area (Å²) >= 11 is 0. The number of nitrogens with one attached hydrogen (secondary N) is 1. The molecule has 1 fully saturated rings. The number of hydrogen-bond acceptors (Lipinski definition) is 4. The van der Waals surface area contributed by atoms with Gasteiger partial charge in [-0.05, 0) is 50.6 Å². The van der Waals surface area contributed by atoms with Crippen LogP contribution in [-0.2, 0) is 6.54 Å². The number of benzene rings is 1. The van der Waals surface area contributed by atoms with Crippen LogP contribution in [0.3, 0.4) is 0 Å². The van der Waals surface area contributed by atoms with Crippen LogP contribution >= 0.6 is 0 Å². The molecule has 0 radical (unpaired) electrons. The van der Waals surface area contributed by atoms with Gasteiger partial charge in [-0.1, -0.05) is 12.1 Å². The molecule has 1 aliphatic rings. The Kier molecular flexibility index (Phi) is 7.16. The Labute approximate surface area is 172 Å². The third kappa shape index (κ3) is 5.76. The zero-order valence-electron chi connectivity index (χ0n) is 17.4. The van der Waals surface area contributed by atoms with E-state index in [0.29, 0.717) is 25.4 Å². The summed E-state index contributed by atoms with van der Waals surface area (Å²) in [5.74, 6) is 2.08. The van der Waals surface area contributed by atoms with E-state index in [1.165, 1.54) is 6.26 Å². The molecule has 0 aliphatic carbocycles. The summed E-state index contributed by atoms with van der Waals surface area (Å²) in [5.41, 5.74) is 1.13. The van der Waals surface area contributed by atoms with E-state index in [0.717, 1.165) is 36.9 Å². The molecule has 1 amide bonds. The first kappa shape index (κ1) is 20.8. The van der Waals surface area contributed by atoms with Crippen molar-refractivity contribution >= 4 is 11.9 Å². The van der Waals surface area contributed by atoms with Gasteiger partial charge in [-0.3, -0.25) is 4.79 Å². The Bertz CT molecular complexity index is 792. The van der Waals surface area contributed by atoms with E-state index >= 15 is 0 Å². The van der Waals surface area contributed by atoms with Crippen molar-refractivity contribution in [2.24, 2.45) is 4.99 Å². The second kappa shape index (κ2) is 10.0. The number of carbonyl (C=O) groups excluding carboxylic acids is 1. The van der Waals surface area contributed by atoms with E-state index in [9.17, 15) is 4.79 Å². The minimum atomic E-state index is -0.0553. The molecule has 7 heteroatoms. The van der Waals surface area contributed by atoms with Gasteiger partial charge in [-0.25, -0.2) is 4.99 Å². The normalized spacial score (nSPS) is 15.0.